The van der Waals surface area contributed by atoms with Gasteiger partial charge in [0.1, 0.15) is 5.84 Å². The van der Waals surface area contributed by atoms with Gasteiger partial charge in [0.05, 0.1) is 12.6 Å². The van der Waals surface area contributed by atoms with Crippen LogP contribution in [-0.4, -0.2) is 30.1 Å². The fraction of sp³-hybridized carbons (Fsp3) is 0.462. The number of amidine groups is 1. The lowest BCUT2D eigenvalue weighted by molar-refractivity contribution is 0.245. The summed E-state index contributed by atoms with van der Waals surface area (Å²) in [6.07, 6.45) is 1.05. The number of nitrogens with two attached hydrogens (primary N) is 1. The molecule has 98 valence electrons. The summed E-state index contributed by atoms with van der Waals surface area (Å²) in [5.41, 5.74) is 7.30. The van der Waals surface area contributed by atoms with Crippen LogP contribution >= 0.6 is 15.9 Å². The number of nitrogens with zero attached hydrogens (tertiary/aromatic N) is 1. The lowest BCUT2D eigenvalue weighted by Gasteiger charge is -2.29. The number of rotatable bonds is 3. The Kier molecular flexibility index (Phi) is 3.92. The molecule has 1 fully saturated rings. The van der Waals surface area contributed by atoms with E-state index in [1.54, 1.807) is 0 Å². The standard InChI is InChI=1S/C13H18BrN3O/c1-8-4-5-17(12(8)7-18)11-3-2-9(14)6-10(11)13(15)16/h2-3,6,8,12,18H,4-5,7H2,1H3,(H3,15,16). The average Bonchev–Trinajstić information content (AvgIpc) is 2.70. The fourth-order valence-electron chi connectivity index (χ4n) is 2.56. The normalized spacial score (nSPS) is 23.4. The number of benzene rings is 1. The topological polar surface area (TPSA) is 73.3 Å². The molecular weight excluding hydrogens is 294 g/mol. The second kappa shape index (κ2) is 5.28. The molecule has 4 nitrogen and oxygen atoms in total. The second-order valence-corrected chi connectivity index (χ2v) is 5.70. The van der Waals surface area contributed by atoms with E-state index in [1.807, 2.05) is 18.2 Å². The van der Waals surface area contributed by atoms with Crippen LogP contribution in [0.3, 0.4) is 0 Å². The van der Waals surface area contributed by atoms with Gasteiger partial charge < -0.3 is 15.7 Å². The first-order chi connectivity index (χ1) is 8.54. The van der Waals surface area contributed by atoms with E-state index in [9.17, 15) is 5.11 Å². The first kappa shape index (κ1) is 13.4. The summed E-state index contributed by atoms with van der Waals surface area (Å²) in [7, 11) is 0. The van der Waals surface area contributed by atoms with E-state index in [2.05, 4.69) is 27.8 Å². The number of hydrogen-bond acceptors (Lipinski definition) is 3. The molecule has 0 radical (unpaired) electrons. The van der Waals surface area contributed by atoms with E-state index in [4.69, 9.17) is 11.1 Å². The summed E-state index contributed by atoms with van der Waals surface area (Å²) in [5, 5.41) is 17.2. The zero-order chi connectivity index (χ0) is 13.3. The molecule has 1 heterocycles. The minimum atomic E-state index is 0.0579. The Labute approximate surface area is 115 Å². The molecule has 0 spiro atoms. The average molecular weight is 312 g/mol. The van der Waals surface area contributed by atoms with Crippen molar-refractivity contribution < 1.29 is 5.11 Å². The molecule has 1 saturated heterocycles. The molecule has 2 unspecified atom stereocenters. The Morgan fingerprint density at radius 1 is 1.61 bits per heavy atom. The Bertz CT molecular complexity index is 464. The van der Waals surface area contributed by atoms with Gasteiger partial charge >= 0.3 is 0 Å². The zero-order valence-corrected chi connectivity index (χ0v) is 11.9. The smallest absolute Gasteiger partial charge is 0.124 e. The summed E-state index contributed by atoms with van der Waals surface area (Å²) in [5.74, 6) is 0.515. The van der Waals surface area contributed by atoms with Crippen molar-refractivity contribution >= 4 is 27.5 Å². The maximum Gasteiger partial charge on any atom is 0.124 e. The van der Waals surface area contributed by atoms with Crippen molar-refractivity contribution in [3.05, 3.63) is 28.2 Å². The Morgan fingerprint density at radius 3 is 2.94 bits per heavy atom. The molecule has 1 aromatic rings. The third-order valence-electron chi connectivity index (χ3n) is 3.63. The van der Waals surface area contributed by atoms with Crippen LogP contribution in [0, 0.1) is 11.3 Å². The summed E-state index contributed by atoms with van der Waals surface area (Å²) >= 11 is 3.40. The van der Waals surface area contributed by atoms with Crippen molar-refractivity contribution in [1.29, 1.82) is 5.41 Å². The second-order valence-electron chi connectivity index (χ2n) is 4.78. The van der Waals surface area contributed by atoms with E-state index < -0.39 is 0 Å². The maximum absolute atomic E-state index is 9.52. The number of halogens is 1. The number of nitrogens with one attached hydrogen (secondary N) is 1. The van der Waals surface area contributed by atoms with Crippen molar-refractivity contribution in [3.8, 4) is 0 Å². The highest BCUT2D eigenvalue weighted by molar-refractivity contribution is 9.10. The predicted molar refractivity (Wildman–Crippen MR) is 77.2 cm³/mol. The largest absolute Gasteiger partial charge is 0.394 e. The van der Waals surface area contributed by atoms with Gasteiger partial charge in [-0.15, -0.1) is 0 Å². The summed E-state index contributed by atoms with van der Waals surface area (Å²) in [6, 6.07) is 5.87. The predicted octanol–water partition coefficient (Wildman–Crippen LogP) is 1.94. The number of nitrogen functional groups attached to an aromatic ring is 1. The minimum Gasteiger partial charge on any atom is -0.394 e. The lowest BCUT2D eigenvalue weighted by atomic mass is 10.0. The molecule has 1 aliphatic rings. The van der Waals surface area contributed by atoms with Crippen LogP contribution in [-0.2, 0) is 0 Å². The van der Waals surface area contributed by atoms with Crippen molar-refractivity contribution in [3.63, 3.8) is 0 Å². The zero-order valence-electron chi connectivity index (χ0n) is 10.4. The molecule has 18 heavy (non-hydrogen) atoms. The van der Waals surface area contributed by atoms with Gasteiger partial charge in [-0.3, -0.25) is 5.41 Å². The number of aliphatic hydroxyl groups is 1. The third kappa shape index (κ3) is 2.37. The fourth-order valence-corrected chi connectivity index (χ4v) is 2.92. The quantitative estimate of drug-likeness (QED) is 0.590. The molecule has 5 heteroatoms. The highest BCUT2D eigenvalue weighted by Gasteiger charge is 2.32. The van der Waals surface area contributed by atoms with Gasteiger partial charge in [0.2, 0.25) is 0 Å². The van der Waals surface area contributed by atoms with Crippen LogP contribution in [0.5, 0.6) is 0 Å². The third-order valence-corrected chi connectivity index (χ3v) is 4.12. The number of hydrogen-bond donors (Lipinski definition) is 3. The van der Waals surface area contributed by atoms with Gasteiger partial charge in [-0.25, -0.2) is 0 Å². The van der Waals surface area contributed by atoms with Crippen LogP contribution in [0.1, 0.15) is 18.9 Å². The van der Waals surface area contributed by atoms with E-state index in [0.29, 0.717) is 5.92 Å². The van der Waals surface area contributed by atoms with Crippen LogP contribution in [0.4, 0.5) is 5.69 Å². The number of aliphatic hydroxyl groups excluding tert-OH is 1. The minimum absolute atomic E-state index is 0.0579. The van der Waals surface area contributed by atoms with Gasteiger partial charge in [0, 0.05) is 22.3 Å². The van der Waals surface area contributed by atoms with Crippen molar-refractivity contribution in [2.45, 2.75) is 19.4 Å². The molecule has 2 atom stereocenters. The first-order valence-electron chi connectivity index (χ1n) is 6.06. The lowest BCUT2D eigenvalue weighted by Crippen LogP contribution is -2.36. The van der Waals surface area contributed by atoms with Gasteiger partial charge in [0.25, 0.3) is 0 Å². The molecule has 0 saturated carbocycles. The highest BCUT2D eigenvalue weighted by atomic mass is 79.9. The van der Waals surface area contributed by atoms with Crippen LogP contribution in [0.15, 0.2) is 22.7 Å². The van der Waals surface area contributed by atoms with Crippen LogP contribution in [0.2, 0.25) is 0 Å². The SMILES string of the molecule is CC1CCN(c2ccc(Br)cc2C(=N)N)C1CO. The van der Waals surface area contributed by atoms with Crippen LogP contribution in [0.25, 0.3) is 0 Å². The van der Waals surface area contributed by atoms with Gasteiger partial charge in [-0.2, -0.15) is 0 Å². The Hall–Kier alpha value is -1.07. The van der Waals surface area contributed by atoms with E-state index in [1.165, 1.54) is 0 Å². The molecule has 4 N–H and O–H groups in total. The van der Waals surface area contributed by atoms with E-state index >= 15 is 0 Å². The summed E-state index contributed by atoms with van der Waals surface area (Å²) in [4.78, 5) is 2.16. The van der Waals surface area contributed by atoms with Crippen molar-refractivity contribution in [2.24, 2.45) is 11.7 Å². The molecular formula is C13H18BrN3O. The monoisotopic (exact) mass is 311 g/mol. The molecule has 0 aromatic heterocycles. The van der Waals surface area contributed by atoms with Crippen LogP contribution < -0.4 is 10.6 Å². The van der Waals surface area contributed by atoms with E-state index in [0.717, 1.165) is 28.7 Å². The Morgan fingerprint density at radius 2 is 2.33 bits per heavy atom. The van der Waals surface area contributed by atoms with Crippen molar-refractivity contribution in [2.75, 3.05) is 18.1 Å². The molecule has 1 aliphatic heterocycles. The summed E-state index contributed by atoms with van der Waals surface area (Å²) in [6.45, 7) is 3.18. The summed E-state index contributed by atoms with van der Waals surface area (Å²) < 4.78 is 0.907. The maximum atomic E-state index is 9.52. The molecule has 0 aliphatic carbocycles. The number of anilines is 1. The molecule has 1 aromatic carbocycles. The molecule has 2 rings (SSSR count). The molecule has 0 amide bonds. The van der Waals surface area contributed by atoms with Gasteiger partial charge in [-0.1, -0.05) is 22.9 Å². The first-order valence-corrected chi connectivity index (χ1v) is 6.85. The van der Waals surface area contributed by atoms with E-state index in [-0.39, 0.29) is 18.5 Å². The highest BCUT2D eigenvalue weighted by Crippen LogP contribution is 2.33. The Balaban J connectivity index is 2.41. The molecule has 0 bridgehead atoms. The van der Waals surface area contributed by atoms with Gasteiger partial charge in [-0.05, 0) is 30.5 Å². The van der Waals surface area contributed by atoms with Crippen molar-refractivity contribution in [1.82, 2.24) is 0 Å². The van der Waals surface area contributed by atoms with Gasteiger partial charge in [0.15, 0.2) is 0 Å².